The van der Waals surface area contributed by atoms with E-state index >= 15 is 0 Å². The molecule has 1 aromatic carbocycles. The number of benzene rings is 1. The molecule has 1 saturated heterocycles. The number of hydrogen-bond acceptors (Lipinski definition) is 4. The molecule has 2 aromatic heterocycles. The normalized spacial score (nSPS) is 16.0. The predicted octanol–water partition coefficient (Wildman–Crippen LogP) is 1.64. The number of fused-ring (bicyclic) bond motifs is 1. The van der Waals surface area contributed by atoms with E-state index in [0.29, 0.717) is 16.4 Å². The fraction of sp³-hybridized carbons (Fsp3) is 0.294. The Hall–Kier alpha value is -1.89. The molecular weight excluding hydrogens is 344 g/mol. The van der Waals surface area contributed by atoms with Crippen LogP contribution < -0.4 is 15.4 Å². The van der Waals surface area contributed by atoms with Crippen LogP contribution in [0.15, 0.2) is 34.4 Å². The van der Waals surface area contributed by atoms with Gasteiger partial charge >= 0.3 is 0 Å². The van der Waals surface area contributed by atoms with Crippen LogP contribution in [0.5, 0.6) is 0 Å². The number of H-pyrrole nitrogens is 1. The lowest BCUT2D eigenvalue weighted by atomic mass is 10.1. The summed E-state index contributed by atoms with van der Waals surface area (Å²) >= 11 is 7.46. The van der Waals surface area contributed by atoms with Crippen LogP contribution in [0, 0.1) is 0 Å². The highest BCUT2D eigenvalue weighted by Crippen LogP contribution is 2.32. The predicted molar refractivity (Wildman–Crippen MR) is 99.5 cm³/mol. The van der Waals surface area contributed by atoms with Gasteiger partial charge in [0.15, 0.2) is 0 Å². The Labute approximate surface area is 148 Å². The number of likely N-dealkylation sites (N-methyl/N-ethyl adjacent to an activating group) is 1. The molecular formula is C17H18ClN4OS+. The van der Waals surface area contributed by atoms with Crippen LogP contribution in [0.25, 0.3) is 21.3 Å². The third-order valence-electron chi connectivity index (χ3n) is 4.50. The molecule has 1 aliphatic rings. The summed E-state index contributed by atoms with van der Waals surface area (Å²) in [6.07, 6.45) is 0. The van der Waals surface area contributed by atoms with E-state index < -0.39 is 0 Å². The minimum absolute atomic E-state index is 0.0764. The lowest BCUT2D eigenvalue weighted by Gasteiger charge is -2.30. The van der Waals surface area contributed by atoms with Crippen molar-refractivity contribution >= 4 is 39.1 Å². The Morgan fingerprint density at radius 3 is 2.67 bits per heavy atom. The number of nitrogens with one attached hydrogen (secondary N) is 2. The first-order chi connectivity index (χ1) is 11.6. The number of aromatic nitrogens is 2. The van der Waals surface area contributed by atoms with Crippen LogP contribution in [0.1, 0.15) is 0 Å². The maximum atomic E-state index is 12.7. The van der Waals surface area contributed by atoms with Crippen molar-refractivity contribution < 1.29 is 4.90 Å². The molecule has 0 spiro atoms. The van der Waals surface area contributed by atoms with Crippen molar-refractivity contribution in [1.82, 2.24) is 9.97 Å². The van der Waals surface area contributed by atoms with Gasteiger partial charge in [-0.3, -0.25) is 9.78 Å². The highest BCUT2D eigenvalue weighted by molar-refractivity contribution is 7.17. The SMILES string of the molecule is C[NH+]1CCN(c2nc3scc(-c4ccc(Cl)cc4)c3c(=O)[nH]2)CC1. The average molecular weight is 362 g/mol. The van der Waals surface area contributed by atoms with Crippen molar-refractivity contribution in [3.63, 3.8) is 0 Å². The second-order valence-electron chi connectivity index (χ2n) is 6.17. The standard InChI is InChI=1S/C17H17ClN4OS/c1-21-6-8-22(9-7-21)17-19-15(23)14-13(10-24-16(14)20-17)11-2-4-12(18)5-3-11/h2-5,10H,6-9H2,1H3,(H,19,20,23)/p+1. The lowest BCUT2D eigenvalue weighted by molar-refractivity contribution is -0.880. The summed E-state index contributed by atoms with van der Waals surface area (Å²) in [5.41, 5.74) is 1.82. The third-order valence-corrected chi connectivity index (χ3v) is 5.63. The van der Waals surface area contributed by atoms with E-state index in [1.165, 1.54) is 16.2 Å². The fourth-order valence-corrected chi connectivity index (χ4v) is 4.10. The molecule has 124 valence electrons. The van der Waals surface area contributed by atoms with Crippen molar-refractivity contribution in [2.75, 3.05) is 38.1 Å². The van der Waals surface area contributed by atoms with Crippen LogP contribution >= 0.6 is 22.9 Å². The van der Waals surface area contributed by atoms with E-state index in [4.69, 9.17) is 16.6 Å². The Balaban J connectivity index is 1.76. The molecule has 0 saturated carbocycles. The topological polar surface area (TPSA) is 53.4 Å². The summed E-state index contributed by atoms with van der Waals surface area (Å²) < 4.78 is 0. The molecule has 7 heteroatoms. The summed E-state index contributed by atoms with van der Waals surface area (Å²) in [6.45, 7) is 3.94. The number of hydrogen-bond donors (Lipinski definition) is 2. The molecule has 1 fully saturated rings. The minimum atomic E-state index is -0.0764. The van der Waals surface area contributed by atoms with Gasteiger partial charge in [0, 0.05) is 16.0 Å². The van der Waals surface area contributed by atoms with Crippen molar-refractivity contribution in [3.05, 3.63) is 45.0 Å². The van der Waals surface area contributed by atoms with Gasteiger partial charge in [0.1, 0.15) is 4.83 Å². The van der Waals surface area contributed by atoms with E-state index in [1.54, 1.807) is 0 Å². The number of aromatic amines is 1. The fourth-order valence-electron chi connectivity index (χ4n) is 3.03. The maximum Gasteiger partial charge on any atom is 0.261 e. The van der Waals surface area contributed by atoms with Gasteiger partial charge in [-0.15, -0.1) is 11.3 Å². The molecule has 2 N–H and O–H groups in total. The molecule has 0 aliphatic carbocycles. The van der Waals surface area contributed by atoms with Crippen LogP contribution in [0.3, 0.4) is 0 Å². The third kappa shape index (κ3) is 2.81. The smallest absolute Gasteiger partial charge is 0.261 e. The second kappa shape index (κ2) is 6.20. The number of rotatable bonds is 2. The molecule has 0 atom stereocenters. The molecule has 1 aliphatic heterocycles. The number of anilines is 1. The Bertz CT molecular complexity index is 926. The first-order valence-electron chi connectivity index (χ1n) is 7.95. The molecule has 0 bridgehead atoms. The van der Waals surface area contributed by atoms with E-state index in [1.807, 2.05) is 29.6 Å². The van der Waals surface area contributed by atoms with Gasteiger partial charge in [0.25, 0.3) is 5.56 Å². The second-order valence-corrected chi connectivity index (χ2v) is 7.46. The first-order valence-corrected chi connectivity index (χ1v) is 9.21. The van der Waals surface area contributed by atoms with E-state index in [2.05, 4.69) is 16.9 Å². The zero-order valence-electron chi connectivity index (χ0n) is 13.3. The van der Waals surface area contributed by atoms with E-state index in [-0.39, 0.29) is 5.56 Å². The van der Waals surface area contributed by atoms with Gasteiger partial charge in [-0.1, -0.05) is 23.7 Å². The Morgan fingerprint density at radius 1 is 1.25 bits per heavy atom. The Kier molecular flexibility index (Phi) is 4.04. The summed E-state index contributed by atoms with van der Waals surface area (Å²) in [6, 6.07) is 7.53. The largest absolute Gasteiger partial charge is 0.334 e. The maximum absolute atomic E-state index is 12.7. The summed E-state index contributed by atoms with van der Waals surface area (Å²) in [5, 5.41) is 3.34. The summed E-state index contributed by atoms with van der Waals surface area (Å²) in [5.74, 6) is 0.685. The lowest BCUT2D eigenvalue weighted by Crippen LogP contribution is -3.12. The monoisotopic (exact) mass is 361 g/mol. The number of thiophene rings is 1. The van der Waals surface area contributed by atoms with Crippen molar-refractivity contribution in [3.8, 4) is 11.1 Å². The van der Waals surface area contributed by atoms with Gasteiger partial charge in [0.2, 0.25) is 5.95 Å². The zero-order valence-corrected chi connectivity index (χ0v) is 14.9. The van der Waals surface area contributed by atoms with E-state index in [0.717, 1.165) is 42.1 Å². The van der Waals surface area contributed by atoms with Crippen LogP contribution in [0.4, 0.5) is 5.95 Å². The van der Waals surface area contributed by atoms with Crippen LogP contribution in [0.2, 0.25) is 5.02 Å². The summed E-state index contributed by atoms with van der Waals surface area (Å²) in [4.78, 5) is 24.8. The minimum Gasteiger partial charge on any atom is -0.334 e. The highest BCUT2D eigenvalue weighted by atomic mass is 35.5. The number of piperazine rings is 1. The van der Waals surface area contributed by atoms with Crippen LogP contribution in [-0.2, 0) is 0 Å². The molecule has 24 heavy (non-hydrogen) atoms. The van der Waals surface area contributed by atoms with Crippen molar-refractivity contribution in [1.29, 1.82) is 0 Å². The summed E-state index contributed by atoms with van der Waals surface area (Å²) in [7, 11) is 2.19. The van der Waals surface area contributed by atoms with Gasteiger partial charge < -0.3 is 9.80 Å². The van der Waals surface area contributed by atoms with Crippen molar-refractivity contribution in [2.24, 2.45) is 0 Å². The quantitative estimate of drug-likeness (QED) is 0.729. The number of halogens is 1. The number of nitrogens with zero attached hydrogens (tertiary/aromatic N) is 2. The van der Waals surface area contributed by atoms with Gasteiger partial charge in [-0.05, 0) is 17.7 Å². The molecule has 0 radical (unpaired) electrons. The molecule has 5 nitrogen and oxygen atoms in total. The molecule has 0 amide bonds. The highest BCUT2D eigenvalue weighted by Gasteiger charge is 2.20. The average Bonchev–Trinajstić information content (AvgIpc) is 3.01. The van der Waals surface area contributed by atoms with Gasteiger partial charge in [-0.25, -0.2) is 4.98 Å². The van der Waals surface area contributed by atoms with E-state index in [9.17, 15) is 4.79 Å². The molecule has 3 heterocycles. The van der Waals surface area contributed by atoms with Gasteiger partial charge in [-0.2, -0.15) is 0 Å². The number of quaternary nitrogens is 1. The molecule has 3 aromatic rings. The molecule has 4 rings (SSSR count). The van der Waals surface area contributed by atoms with Gasteiger partial charge in [0.05, 0.1) is 38.6 Å². The molecule has 0 unspecified atom stereocenters. The Morgan fingerprint density at radius 2 is 1.96 bits per heavy atom. The van der Waals surface area contributed by atoms with Crippen LogP contribution in [-0.4, -0.2) is 43.2 Å². The first kappa shape index (κ1) is 15.6. The zero-order chi connectivity index (χ0) is 16.7. The van der Waals surface area contributed by atoms with Crippen molar-refractivity contribution in [2.45, 2.75) is 0 Å².